The fraction of sp³-hybridized carbons (Fsp3) is 0.533. The van der Waals surface area contributed by atoms with Gasteiger partial charge in [-0.3, -0.25) is 9.10 Å². The van der Waals surface area contributed by atoms with E-state index < -0.39 is 11.0 Å². The van der Waals surface area contributed by atoms with Gasteiger partial charge < -0.3 is 11.1 Å². The van der Waals surface area contributed by atoms with Crippen molar-refractivity contribution in [2.24, 2.45) is 0 Å². The lowest BCUT2D eigenvalue weighted by atomic mass is 10.3. The van der Waals surface area contributed by atoms with Crippen molar-refractivity contribution in [3.63, 3.8) is 0 Å². The molecule has 0 aromatic heterocycles. The van der Waals surface area contributed by atoms with E-state index in [0.29, 0.717) is 17.1 Å². The molecule has 0 spiro atoms. The van der Waals surface area contributed by atoms with Crippen molar-refractivity contribution in [3.05, 3.63) is 24.3 Å². The molecule has 0 radical (unpaired) electrons. The van der Waals surface area contributed by atoms with Crippen LogP contribution in [0.2, 0.25) is 0 Å². The summed E-state index contributed by atoms with van der Waals surface area (Å²) in [5, 5.41) is 2.54. The summed E-state index contributed by atoms with van der Waals surface area (Å²) in [5.41, 5.74) is 7.03. The molecule has 5 nitrogen and oxygen atoms in total. The van der Waals surface area contributed by atoms with Crippen LogP contribution in [0.15, 0.2) is 24.3 Å². The van der Waals surface area contributed by atoms with E-state index in [9.17, 15) is 9.00 Å². The lowest BCUT2D eigenvalue weighted by molar-refractivity contribution is -0.119. The van der Waals surface area contributed by atoms with Crippen LogP contribution >= 0.6 is 0 Å². The summed E-state index contributed by atoms with van der Waals surface area (Å²) in [5.74, 6) is 0.370. The Morgan fingerprint density at radius 1 is 1.38 bits per heavy atom. The van der Waals surface area contributed by atoms with Gasteiger partial charge >= 0.3 is 0 Å². The number of nitrogens with zero attached hydrogens (tertiary/aromatic N) is 1. The monoisotopic (exact) mass is 313 g/mol. The van der Waals surface area contributed by atoms with E-state index in [0.717, 1.165) is 12.8 Å². The van der Waals surface area contributed by atoms with E-state index in [2.05, 4.69) is 5.32 Å². The predicted octanol–water partition coefficient (Wildman–Crippen LogP) is 2.31. The molecule has 3 N–H and O–H groups in total. The molecule has 1 atom stereocenters. The van der Waals surface area contributed by atoms with Crippen LogP contribution < -0.4 is 15.4 Å². The summed E-state index contributed by atoms with van der Waals surface area (Å²) < 4.78 is 13.9. The molecule has 0 aliphatic rings. The lowest BCUT2D eigenvalue weighted by Crippen LogP contribution is -2.37. The Balaban J connectivity index is 0.00000191. The minimum atomic E-state index is -1.22. The largest absolute Gasteiger partial charge is 0.399 e. The molecule has 1 aromatic carbocycles. The van der Waals surface area contributed by atoms with Crippen molar-refractivity contribution in [1.82, 2.24) is 5.32 Å². The maximum absolute atomic E-state index is 12.3. The minimum absolute atomic E-state index is 0.0658. The summed E-state index contributed by atoms with van der Waals surface area (Å²) in [4.78, 5) is 11.5. The van der Waals surface area contributed by atoms with Gasteiger partial charge in [0.25, 0.3) is 0 Å². The number of carbonyl (C=O) groups is 1. The van der Waals surface area contributed by atoms with Gasteiger partial charge in [0.05, 0.1) is 5.69 Å². The second-order valence-electron chi connectivity index (χ2n) is 4.18. The number of rotatable bonds is 7. The van der Waals surface area contributed by atoms with Crippen molar-refractivity contribution in [1.29, 1.82) is 0 Å². The summed E-state index contributed by atoms with van der Waals surface area (Å²) in [6.45, 7) is 6.11. The highest BCUT2D eigenvalue weighted by molar-refractivity contribution is 7.86. The lowest BCUT2D eigenvalue weighted by Gasteiger charge is -2.22. The van der Waals surface area contributed by atoms with Crippen LogP contribution in [0.3, 0.4) is 0 Å². The van der Waals surface area contributed by atoms with Gasteiger partial charge in [0.2, 0.25) is 5.91 Å². The van der Waals surface area contributed by atoms with Crippen molar-refractivity contribution in [2.45, 2.75) is 33.6 Å². The van der Waals surface area contributed by atoms with Crippen LogP contribution in [0.25, 0.3) is 0 Å². The molecule has 1 rings (SSSR count). The molecule has 1 unspecified atom stereocenters. The molecular weight excluding hydrogens is 286 g/mol. The van der Waals surface area contributed by atoms with E-state index in [1.165, 1.54) is 0 Å². The van der Waals surface area contributed by atoms with Crippen molar-refractivity contribution < 1.29 is 9.00 Å². The van der Waals surface area contributed by atoms with Gasteiger partial charge in [-0.1, -0.05) is 33.3 Å². The number of hydrogen-bond acceptors (Lipinski definition) is 3. The molecular formula is C15H27N3O2S. The van der Waals surface area contributed by atoms with Crippen LogP contribution in [0.1, 0.15) is 33.6 Å². The number of benzene rings is 1. The number of anilines is 2. The first-order valence-electron chi connectivity index (χ1n) is 7.30. The van der Waals surface area contributed by atoms with Crippen LogP contribution in [-0.2, 0) is 15.8 Å². The number of hydrogen-bond donors (Lipinski definition) is 2. The molecule has 0 aliphatic heterocycles. The van der Waals surface area contributed by atoms with Gasteiger partial charge in [0.1, 0.15) is 17.5 Å². The second kappa shape index (κ2) is 11.1. The summed E-state index contributed by atoms with van der Waals surface area (Å²) in [6.07, 6.45) is 1.83. The summed E-state index contributed by atoms with van der Waals surface area (Å²) >= 11 is 0. The number of nitrogen functional groups attached to an aromatic ring is 1. The maximum Gasteiger partial charge on any atom is 0.240 e. The first kappa shape index (κ1) is 19.4. The molecule has 0 saturated carbocycles. The zero-order valence-corrected chi connectivity index (χ0v) is 14.2. The molecule has 0 bridgehead atoms. The van der Waals surface area contributed by atoms with E-state index in [4.69, 9.17) is 5.73 Å². The Hall–Kier alpha value is -1.56. The molecule has 0 heterocycles. The minimum Gasteiger partial charge on any atom is -0.399 e. The molecule has 0 saturated heterocycles. The van der Waals surface area contributed by atoms with Gasteiger partial charge in [-0.05, 0) is 24.6 Å². The SMILES string of the molecule is CC.CCCCS(=O)N(CC(=O)NC)c1cccc(N)c1. The Kier molecular flexibility index (Phi) is 10.3. The van der Waals surface area contributed by atoms with Gasteiger partial charge in [0, 0.05) is 18.5 Å². The van der Waals surface area contributed by atoms with E-state index in [1.54, 1.807) is 29.6 Å². The maximum atomic E-state index is 12.3. The predicted molar refractivity (Wildman–Crippen MR) is 91.5 cm³/mol. The van der Waals surface area contributed by atoms with E-state index >= 15 is 0 Å². The van der Waals surface area contributed by atoms with Crippen molar-refractivity contribution in [3.8, 4) is 0 Å². The number of nitrogens with two attached hydrogens (primary N) is 1. The molecule has 6 heteroatoms. The average Bonchev–Trinajstić information content (AvgIpc) is 2.51. The molecule has 120 valence electrons. The second-order valence-corrected chi connectivity index (χ2v) is 5.68. The van der Waals surface area contributed by atoms with Crippen LogP contribution in [0.4, 0.5) is 11.4 Å². The topological polar surface area (TPSA) is 75.4 Å². The Bertz CT molecular complexity index is 452. The zero-order chi connectivity index (χ0) is 16.3. The van der Waals surface area contributed by atoms with Gasteiger partial charge in [-0.25, -0.2) is 4.21 Å². The van der Waals surface area contributed by atoms with Crippen LogP contribution in [-0.4, -0.2) is 29.5 Å². The highest BCUT2D eigenvalue weighted by Crippen LogP contribution is 2.19. The zero-order valence-electron chi connectivity index (χ0n) is 13.4. The third-order valence-corrected chi connectivity index (χ3v) is 4.11. The number of amides is 1. The standard InChI is InChI=1S/C13H21N3O2S.C2H6/c1-3-4-8-19(18)16(10-13(17)15-2)12-7-5-6-11(14)9-12;1-2/h5-7,9H,3-4,8,10,14H2,1-2H3,(H,15,17);1-2H3. The van der Waals surface area contributed by atoms with Crippen molar-refractivity contribution in [2.75, 3.05) is 29.4 Å². The van der Waals surface area contributed by atoms with Gasteiger partial charge in [-0.15, -0.1) is 0 Å². The number of likely N-dealkylation sites (N-methyl/N-ethyl adjacent to an activating group) is 1. The molecule has 1 amide bonds. The summed E-state index contributed by atoms with van der Waals surface area (Å²) in [6, 6.07) is 7.09. The molecule has 0 fully saturated rings. The quantitative estimate of drug-likeness (QED) is 0.759. The number of carbonyl (C=O) groups excluding carboxylic acids is 1. The van der Waals surface area contributed by atoms with Crippen LogP contribution in [0.5, 0.6) is 0 Å². The van der Waals surface area contributed by atoms with Crippen molar-refractivity contribution >= 4 is 28.3 Å². The van der Waals surface area contributed by atoms with Gasteiger partial charge in [-0.2, -0.15) is 0 Å². The fourth-order valence-electron chi connectivity index (χ4n) is 1.55. The van der Waals surface area contributed by atoms with Crippen LogP contribution in [0, 0.1) is 0 Å². The highest BCUT2D eigenvalue weighted by Gasteiger charge is 2.17. The molecule has 1 aromatic rings. The highest BCUT2D eigenvalue weighted by atomic mass is 32.2. The summed E-state index contributed by atoms with van der Waals surface area (Å²) in [7, 11) is 0.342. The average molecular weight is 313 g/mol. The number of nitrogens with one attached hydrogen (secondary N) is 1. The Morgan fingerprint density at radius 2 is 2.05 bits per heavy atom. The van der Waals surface area contributed by atoms with E-state index in [-0.39, 0.29) is 12.5 Å². The van der Waals surface area contributed by atoms with E-state index in [1.807, 2.05) is 26.8 Å². The smallest absolute Gasteiger partial charge is 0.240 e. The molecule has 21 heavy (non-hydrogen) atoms. The third-order valence-electron chi connectivity index (χ3n) is 2.64. The fourth-order valence-corrected chi connectivity index (χ4v) is 2.91. The normalized spacial score (nSPS) is 11.0. The molecule has 0 aliphatic carbocycles. The first-order valence-corrected chi connectivity index (χ1v) is 8.58. The third kappa shape index (κ3) is 7.13. The Labute approximate surface area is 130 Å². The van der Waals surface area contributed by atoms with Gasteiger partial charge in [0.15, 0.2) is 0 Å². The number of unbranched alkanes of at least 4 members (excludes halogenated alkanes) is 1. The first-order chi connectivity index (χ1) is 10.1. The Morgan fingerprint density at radius 3 is 2.57 bits per heavy atom.